The lowest BCUT2D eigenvalue weighted by Gasteiger charge is -2.21. The number of aromatic nitrogens is 1. The quantitative estimate of drug-likeness (QED) is 0.814. The van der Waals surface area contributed by atoms with E-state index in [1.165, 1.54) is 13.1 Å². The molecule has 8 heteroatoms. The van der Waals surface area contributed by atoms with Crippen LogP contribution in [0.4, 0.5) is 11.4 Å². The van der Waals surface area contributed by atoms with Crippen LogP contribution in [-0.4, -0.2) is 27.5 Å². The number of aryl methyl sites for hydroxylation is 1. The molecule has 1 aromatic heterocycles. The molecule has 1 heterocycles. The summed E-state index contributed by atoms with van der Waals surface area (Å²) in [6, 6.07) is 4.68. The van der Waals surface area contributed by atoms with Gasteiger partial charge in [-0.05, 0) is 32.2 Å². The van der Waals surface area contributed by atoms with E-state index in [1.807, 2.05) is 18.9 Å². The van der Waals surface area contributed by atoms with Gasteiger partial charge in [0.2, 0.25) is 10.0 Å². The Balaban J connectivity index is 2.35. The molecule has 0 saturated heterocycles. The lowest BCUT2D eigenvalue weighted by Crippen LogP contribution is -2.21. The van der Waals surface area contributed by atoms with Crippen LogP contribution in [0.2, 0.25) is 0 Å². The van der Waals surface area contributed by atoms with Gasteiger partial charge in [-0.15, -0.1) is 11.3 Å². The fraction of sp³-hybridized carbons (Fsp3) is 0.308. The summed E-state index contributed by atoms with van der Waals surface area (Å²) in [7, 11) is -0.223. The maximum atomic E-state index is 11.9. The SMILES string of the molecule is CNS(=O)(=O)c1ccc(N)c(N(C)Cc2scnc2C)c1. The van der Waals surface area contributed by atoms with E-state index < -0.39 is 10.0 Å². The van der Waals surface area contributed by atoms with Crippen LogP contribution in [0.5, 0.6) is 0 Å². The monoisotopic (exact) mass is 326 g/mol. The second kappa shape index (κ2) is 6.00. The van der Waals surface area contributed by atoms with Gasteiger partial charge in [0, 0.05) is 11.9 Å². The van der Waals surface area contributed by atoms with Crippen LogP contribution in [0.25, 0.3) is 0 Å². The molecule has 0 spiro atoms. The number of sulfonamides is 1. The Labute approximate surface area is 128 Å². The van der Waals surface area contributed by atoms with Crippen molar-refractivity contribution in [2.75, 3.05) is 24.7 Å². The third-order valence-corrected chi connectivity index (χ3v) is 5.55. The first kappa shape index (κ1) is 15.7. The lowest BCUT2D eigenvalue weighted by atomic mass is 10.2. The smallest absolute Gasteiger partial charge is 0.240 e. The summed E-state index contributed by atoms with van der Waals surface area (Å²) < 4.78 is 26.1. The van der Waals surface area contributed by atoms with Crippen LogP contribution in [-0.2, 0) is 16.6 Å². The molecule has 0 aliphatic rings. The highest BCUT2D eigenvalue weighted by molar-refractivity contribution is 7.89. The molecule has 0 amide bonds. The van der Waals surface area contributed by atoms with Crippen molar-refractivity contribution in [2.24, 2.45) is 0 Å². The van der Waals surface area contributed by atoms with E-state index in [0.717, 1.165) is 10.6 Å². The second-order valence-corrected chi connectivity index (χ2v) is 7.47. The third kappa shape index (κ3) is 3.34. The van der Waals surface area contributed by atoms with Gasteiger partial charge in [0.05, 0.1) is 34.0 Å². The van der Waals surface area contributed by atoms with Crippen molar-refractivity contribution in [1.29, 1.82) is 0 Å². The summed E-state index contributed by atoms with van der Waals surface area (Å²) in [6.07, 6.45) is 0. The number of hydrogen-bond acceptors (Lipinski definition) is 6. The number of nitrogen functional groups attached to an aromatic ring is 1. The van der Waals surface area contributed by atoms with Gasteiger partial charge in [0.15, 0.2) is 0 Å². The summed E-state index contributed by atoms with van der Waals surface area (Å²) in [4.78, 5) is 7.45. The van der Waals surface area contributed by atoms with Gasteiger partial charge in [-0.3, -0.25) is 0 Å². The predicted molar refractivity (Wildman–Crippen MR) is 86.1 cm³/mol. The minimum atomic E-state index is -3.48. The zero-order valence-corrected chi connectivity index (χ0v) is 13.8. The highest BCUT2D eigenvalue weighted by Crippen LogP contribution is 2.28. The van der Waals surface area contributed by atoms with Gasteiger partial charge in [0.25, 0.3) is 0 Å². The molecule has 21 heavy (non-hydrogen) atoms. The van der Waals surface area contributed by atoms with Crippen LogP contribution < -0.4 is 15.4 Å². The molecule has 0 fully saturated rings. The molecule has 3 N–H and O–H groups in total. The van der Waals surface area contributed by atoms with Crippen molar-refractivity contribution in [3.63, 3.8) is 0 Å². The van der Waals surface area contributed by atoms with E-state index in [9.17, 15) is 8.42 Å². The van der Waals surface area contributed by atoms with Crippen molar-refractivity contribution < 1.29 is 8.42 Å². The molecule has 0 saturated carbocycles. The normalized spacial score (nSPS) is 11.6. The van der Waals surface area contributed by atoms with Crippen LogP contribution in [0.3, 0.4) is 0 Å². The van der Waals surface area contributed by atoms with Gasteiger partial charge < -0.3 is 10.6 Å². The molecule has 1 aromatic carbocycles. The van der Waals surface area contributed by atoms with Crippen molar-refractivity contribution in [1.82, 2.24) is 9.71 Å². The van der Waals surface area contributed by atoms with Crippen LogP contribution in [0.1, 0.15) is 10.6 Å². The predicted octanol–water partition coefficient (Wildman–Crippen LogP) is 1.58. The molecule has 114 valence electrons. The molecule has 0 aliphatic carbocycles. The summed E-state index contributed by atoms with van der Waals surface area (Å²) in [6.45, 7) is 2.58. The molecule has 0 radical (unpaired) electrons. The molecular weight excluding hydrogens is 308 g/mol. The highest BCUT2D eigenvalue weighted by Gasteiger charge is 2.16. The van der Waals surface area contributed by atoms with Crippen molar-refractivity contribution in [2.45, 2.75) is 18.4 Å². The van der Waals surface area contributed by atoms with E-state index in [4.69, 9.17) is 5.73 Å². The third-order valence-electron chi connectivity index (χ3n) is 3.22. The Bertz CT molecular complexity index is 740. The zero-order chi connectivity index (χ0) is 15.6. The molecule has 0 atom stereocenters. The first-order chi connectivity index (χ1) is 9.85. The number of rotatable bonds is 5. The number of thiazole rings is 1. The van der Waals surface area contributed by atoms with E-state index in [2.05, 4.69) is 9.71 Å². The number of nitrogens with zero attached hydrogens (tertiary/aromatic N) is 2. The minimum absolute atomic E-state index is 0.196. The molecule has 6 nitrogen and oxygen atoms in total. The van der Waals surface area contributed by atoms with E-state index in [-0.39, 0.29) is 4.90 Å². The Kier molecular flexibility index (Phi) is 4.50. The molecule has 0 unspecified atom stereocenters. The van der Waals surface area contributed by atoms with Gasteiger partial charge >= 0.3 is 0 Å². The summed E-state index contributed by atoms with van der Waals surface area (Å²) in [5.74, 6) is 0. The van der Waals surface area contributed by atoms with E-state index >= 15 is 0 Å². The van der Waals surface area contributed by atoms with Crippen molar-refractivity contribution >= 4 is 32.7 Å². The second-order valence-electron chi connectivity index (χ2n) is 4.65. The zero-order valence-electron chi connectivity index (χ0n) is 12.1. The number of anilines is 2. The molecule has 0 aliphatic heterocycles. The summed E-state index contributed by atoms with van der Waals surface area (Å²) >= 11 is 1.57. The van der Waals surface area contributed by atoms with Crippen LogP contribution in [0, 0.1) is 6.92 Å². The van der Waals surface area contributed by atoms with E-state index in [1.54, 1.807) is 29.0 Å². The minimum Gasteiger partial charge on any atom is -0.397 e. The average molecular weight is 326 g/mol. The number of hydrogen-bond donors (Lipinski definition) is 2. The number of benzene rings is 1. The standard InChI is InChI=1S/C13H18N4O2S2/c1-9-13(20-8-16-9)7-17(3)12-6-10(4-5-11(12)14)21(18,19)15-2/h4-6,8,15H,7,14H2,1-3H3. The molecular formula is C13H18N4O2S2. The number of nitrogens with one attached hydrogen (secondary N) is 1. The van der Waals surface area contributed by atoms with Gasteiger partial charge in [-0.2, -0.15) is 0 Å². The lowest BCUT2D eigenvalue weighted by molar-refractivity contribution is 0.588. The molecule has 2 rings (SSSR count). The Hall–Kier alpha value is -1.64. The van der Waals surface area contributed by atoms with Crippen LogP contribution in [0.15, 0.2) is 28.6 Å². The Morgan fingerprint density at radius 1 is 1.43 bits per heavy atom. The summed E-state index contributed by atoms with van der Waals surface area (Å²) in [5.41, 5.74) is 9.96. The molecule has 2 aromatic rings. The fourth-order valence-corrected chi connectivity index (χ4v) is 3.50. The fourth-order valence-electron chi connectivity index (χ4n) is 1.92. The topological polar surface area (TPSA) is 88.3 Å². The van der Waals surface area contributed by atoms with Gasteiger partial charge in [-0.25, -0.2) is 18.1 Å². The number of nitrogens with two attached hydrogens (primary N) is 1. The van der Waals surface area contributed by atoms with Gasteiger partial charge in [-0.1, -0.05) is 0 Å². The molecule has 0 bridgehead atoms. The Morgan fingerprint density at radius 2 is 2.14 bits per heavy atom. The maximum absolute atomic E-state index is 11.9. The first-order valence-corrected chi connectivity index (χ1v) is 8.64. The van der Waals surface area contributed by atoms with Gasteiger partial charge in [0.1, 0.15) is 0 Å². The maximum Gasteiger partial charge on any atom is 0.240 e. The van der Waals surface area contributed by atoms with Crippen molar-refractivity contribution in [3.05, 3.63) is 34.3 Å². The average Bonchev–Trinajstić information content (AvgIpc) is 2.84. The first-order valence-electron chi connectivity index (χ1n) is 6.28. The highest BCUT2D eigenvalue weighted by atomic mass is 32.2. The Morgan fingerprint density at radius 3 is 2.71 bits per heavy atom. The van der Waals surface area contributed by atoms with Crippen molar-refractivity contribution in [3.8, 4) is 0 Å². The summed E-state index contributed by atoms with van der Waals surface area (Å²) in [5, 5.41) is 0. The largest absolute Gasteiger partial charge is 0.397 e. The van der Waals surface area contributed by atoms with E-state index in [0.29, 0.717) is 17.9 Å². The van der Waals surface area contributed by atoms with Crippen LogP contribution >= 0.6 is 11.3 Å².